The van der Waals surface area contributed by atoms with Crippen LogP contribution in [0.5, 0.6) is 0 Å². The molecular weight excluding hydrogens is 216 g/mol. The smallest absolute Gasteiger partial charge is 0.215 e. The molecule has 0 aromatic rings. The first kappa shape index (κ1) is 13.6. The Labute approximate surface area is 103 Å². The van der Waals surface area contributed by atoms with E-state index in [0.717, 1.165) is 30.6 Å². The molecule has 0 saturated heterocycles. The summed E-state index contributed by atoms with van der Waals surface area (Å²) in [5, 5.41) is 0.286. The summed E-state index contributed by atoms with van der Waals surface area (Å²) in [6, 6.07) is 0. The van der Waals surface area contributed by atoms with Crippen LogP contribution in [0.2, 0.25) is 0 Å². The molecule has 1 atom stereocenters. The van der Waals surface area contributed by atoms with Gasteiger partial charge in [-0.2, -0.15) is 0 Å². The summed E-state index contributed by atoms with van der Waals surface area (Å²) in [4.78, 5) is 11.9. The third-order valence-electron chi connectivity index (χ3n) is 2.92. The highest BCUT2D eigenvalue weighted by molar-refractivity contribution is 8.14. The Hall–Kier alpha value is -0.500. The van der Waals surface area contributed by atoms with Crippen molar-refractivity contribution >= 4 is 16.9 Å². The van der Waals surface area contributed by atoms with Gasteiger partial charge in [-0.3, -0.25) is 4.79 Å². The van der Waals surface area contributed by atoms with Crippen LogP contribution in [0.3, 0.4) is 0 Å². The van der Waals surface area contributed by atoms with Crippen molar-refractivity contribution in [2.45, 2.75) is 40.0 Å². The van der Waals surface area contributed by atoms with Gasteiger partial charge in [0, 0.05) is 11.3 Å². The van der Waals surface area contributed by atoms with E-state index < -0.39 is 0 Å². The lowest BCUT2D eigenvalue weighted by Crippen LogP contribution is -2.11. The summed E-state index contributed by atoms with van der Waals surface area (Å²) in [5.74, 6) is 2.10. The van der Waals surface area contributed by atoms with Gasteiger partial charge in [0.2, 0.25) is 5.12 Å². The lowest BCUT2D eigenvalue weighted by Gasteiger charge is -2.21. The van der Waals surface area contributed by atoms with E-state index >= 15 is 0 Å². The molecule has 0 unspecified atom stereocenters. The van der Waals surface area contributed by atoms with Gasteiger partial charge >= 0.3 is 0 Å². The molecule has 0 aromatic carbocycles. The summed E-state index contributed by atoms with van der Waals surface area (Å²) in [5.41, 5.74) is 2.28. The molecule has 90 valence electrons. The van der Waals surface area contributed by atoms with Crippen molar-refractivity contribution in [3.05, 3.63) is 23.8 Å². The second-order valence-corrected chi connectivity index (χ2v) is 6.03. The van der Waals surface area contributed by atoms with Crippen molar-refractivity contribution in [3.8, 4) is 0 Å². The second-order valence-electron chi connectivity index (χ2n) is 5.04. The maximum absolute atomic E-state index is 11.9. The van der Waals surface area contributed by atoms with Crippen molar-refractivity contribution in [2.24, 2.45) is 11.8 Å². The van der Waals surface area contributed by atoms with E-state index in [1.165, 1.54) is 17.3 Å². The Bertz CT molecular complexity index is 302. The van der Waals surface area contributed by atoms with Gasteiger partial charge in [0.25, 0.3) is 0 Å². The molecule has 16 heavy (non-hydrogen) atoms. The van der Waals surface area contributed by atoms with Crippen LogP contribution in [0.15, 0.2) is 23.8 Å². The highest BCUT2D eigenvalue weighted by Crippen LogP contribution is 2.30. The van der Waals surface area contributed by atoms with Gasteiger partial charge in [-0.15, -0.1) is 0 Å². The molecular formula is C14H22OS. The van der Waals surface area contributed by atoms with Gasteiger partial charge in [-0.05, 0) is 38.0 Å². The first-order chi connectivity index (χ1) is 7.50. The number of rotatable bonds is 4. The topological polar surface area (TPSA) is 17.1 Å². The Morgan fingerprint density at radius 1 is 1.62 bits per heavy atom. The average Bonchev–Trinajstić information content (AvgIpc) is 2.26. The third-order valence-corrected chi connectivity index (χ3v) is 4.28. The summed E-state index contributed by atoms with van der Waals surface area (Å²) >= 11 is 1.47. The molecule has 0 saturated carbocycles. The predicted molar refractivity (Wildman–Crippen MR) is 72.5 cm³/mol. The SMILES string of the molecule is C=C(C)[C@@H]1CC=C(C(=O)SCC(C)C)CC1. The predicted octanol–water partition coefficient (Wildman–Crippen LogP) is 4.20. The minimum atomic E-state index is 0.286. The van der Waals surface area contributed by atoms with Crippen LogP contribution in [0.1, 0.15) is 40.0 Å². The van der Waals surface area contributed by atoms with E-state index in [9.17, 15) is 4.79 Å². The zero-order chi connectivity index (χ0) is 12.1. The Kier molecular flexibility index (Phi) is 5.33. The average molecular weight is 238 g/mol. The van der Waals surface area contributed by atoms with Gasteiger partial charge < -0.3 is 0 Å². The molecule has 1 aliphatic rings. The second kappa shape index (κ2) is 6.29. The van der Waals surface area contributed by atoms with E-state index in [1.807, 2.05) is 0 Å². The van der Waals surface area contributed by atoms with Crippen LogP contribution < -0.4 is 0 Å². The molecule has 1 aliphatic carbocycles. The number of carbonyl (C=O) groups is 1. The summed E-state index contributed by atoms with van der Waals surface area (Å²) in [6.07, 6.45) is 5.15. The largest absolute Gasteiger partial charge is 0.282 e. The standard InChI is InChI=1S/C14H22OS/c1-10(2)9-16-14(15)13-7-5-12(6-8-13)11(3)4/h7,10,12H,3,5-6,8-9H2,1-2,4H3/t12-/m1/s1. The van der Waals surface area contributed by atoms with Crippen molar-refractivity contribution in [1.29, 1.82) is 0 Å². The molecule has 1 rings (SSSR count). The van der Waals surface area contributed by atoms with E-state index in [2.05, 4.69) is 33.4 Å². The molecule has 0 amide bonds. The van der Waals surface area contributed by atoms with E-state index in [4.69, 9.17) is 0 Å². The van der Waals surface area contributed by atoms with Crippen molar-refractivity contribution in [1.82, 2.24) is 0 Å². The number of hydrogen-bond acceptors (Lipinski definition) is 2. The minimum Gasteiger partial charge on any atom is -0.282 e. The van der Waals surface area contributed by atoms with E-state index in [-0.39, 0.29) is 5.12 Å². The van der Waals surface area contributed by atoms with Gasteiger partial charge in [-0.25, -0.2) is 0 Å². The molecule has 2 heteroatoms. The maximum Gasteiger partial charge on any atom is 0.215 e. The zero-order valence-electron chi connectivity index (χ0n) is 10.6. The Balaban J connectivity index is 2.44. The van der Waals surface area contributed by atoms with Gasteiger partial charge in [-0.1, -0.05) is 43.8 Å². The van der Waals surface area contributed by atoms with Crippen LogP contribution in [-0.2, 0) is 4.79 Å². The van der Waals surface area contributed by atoms with Gasteiger partial charge in [0.1, 0.15) is 0 Å². The lowest BCUT2D eigenvalue weighted by molar-refractivity contribution is -0.108. The Morgan fingerprint density at radius 2 is 2.31 bits per heavy atom. The normalized spacial score (nSPS) is 20.8. The fourth-order valence-electron chi connectivity index (χ4n) is 1.80. The fraction of sp³-hybridized carbons (Fsp3) is 0.643. The van der Waals surface area contributed by atoms with Crippen LogP contribution >= 0.6 is 11.8 Å². The summed E-state index contributed by atoms with van der Waals surface area (Å²) in [6.45, 7) is 10.4. The molecule has 0 aromatic heterocycles. The highest BCUT2D eigenvalue weighted by Gasteiger charge is 2.19. The number of thioether (sulfide) groups is 1. The molecule has 0 aliphatic heterocycles. The van der Waals surface area contributed by atoms with Crippen LogP contribution in [-0.4, -0.2) is 10.9 Å². The fourth-order valence-corrected chi connectivity index (χ4v) is 2.66. The van der Waals surface area contributed by atoms with Crippen molar-refractivity contribution < 1.29 is 4.79 Å². The minimum absolute atomic E-state index is 0.286. The van der Waals surface area contributed by atoms with E-state index in [1.54, 1.807) is 0 Å². The van der Waals surface area contributed by atoms with Crippen LogP contribution in [0.25, 0.3) is 0 Å². The molecule has 0 N–H and O–H groups in total. The molecule has 0 spiro atoms. The molecule has 0 fully saturated rings. The molecule has 0 heterocycles. The number of hydrogen-bond donors (Lipinski definition) is 0. The zero-order valence-corrected chi connectivity index (χ0v) is 11.4. The summed E-state index contributed by atoms with van der Waals surface area (Å²) < 4.78 is 0. The molecule has 1 nitrogen and oxygen atoms in total. The van der Waals surface area contributed by atoms with Crippen LogP contribution in [0, 0.1) is 11.8 Å². The number of carbonyl (C=O) groups excluding carboxylic acids is 1. The van der Waals surface area contributed by atoms with Crippen molar-refractivity contribution in [3.63, 3.8) is 0 Å². The van der Waals surface area contributed by atoms with E-state index in [0.29, 0.717) is 11.8 Å². The highest BCUT2D eigenvalue weighted by atomic mass is 32.2. The van der Waals surface area contributed by atoms with Gasteiger partial charge in [0.15, 0.2) is 0 Å². The van der Waals surface area contributed by atoms with Crippen molar-refractivity contribution in [2.75, 3.05) is 5.75 Å². The van der Waals surface area contributed by atoms with Gasteiger partial charge in [0.05, 0.1) is 0 Å². The van der Waals surface area contributed by atoms with Crippen LogP contribution in [0.4, 0.5) is 0 Å². The molecule has 0 bridgehead atoms. The summed E-state index contributed by atoms with van der Waals surface area (Å²) in [7, 11) is 0. The first-order valence-corrected chi connectivity index (χ1v) is 7.00. The first-order valence-electron chi connectivity index (χ1n) is 6.02. The number of allylic oxidation sites excluding steroid dienone is 2. The quantitative estimate of drug-likeness (QED) is 0.683. The third kappa shape index (κ3) is 4.17. The molecule has 0 radical (unpaired) electrons. The lowest BCUT2D eigenvalue weighted by atomic mass is 9.86. The Morgan fingerprint density at radius 3 is 2.75 bits per heavy atom. The monoisotopic (exact) mass is 238 g/mol. The maximum atomic E-state index is 11.9.